The summed E-state index contributed by atoms with van der Waals surface area (Å²) in [6, 6.07) is 7.88. The van der Waals surface area contributed by atoms with Gasteiger partial charge in [0.2, 0.25) is 0 Å². The fourth-order valence-corrected chi connectivity index (χ4v) is 3.48. The Morgan fingerprint density at radius 3 is 2.57 bits per heavy atom. The summed E-state index contributed by atoms with van der Waals surface area (Å²) in [5, 5.41) is 11.5. The molecule has 0 radical (unpaired) electrons. The Hall–Kier alpha value is -0.204. The van der Waals surface area contributed by atoms with Gasteiger partial charge in [-0.3, -0.25) is 0 Å². The molecule has 3 rings (SSSR count). The van der Waals surface area contributed by atoms with Crippen molar-refractivity contribution in [3.8, 4) is 0 Å². The molecule has 1 aliphatic rings. The van der Waals surface area contributed by atoms with Gasteiger partial charge in [-0.05, 0) is 30.4 Å². The molecule has 1 aromatic heterocycles. The molecule has 21 heavy (non-hydrogen) atoms. The number of carboxylic acids is 1. The minimum Gasteiger partial charge on any atom is -0.550 e. The topological polar surface area (TPSA) is 68.8 Å². The van der Waals surface area contributed by atoms with Gasteiger partial charge < -0.3 is 14.9 Å². The first-order chi connectivity index (χ1) is 9.36. The molecule has 1 saturated carbocycles. The van der Waals surface area contributed by atoms with E-state index in [2.05, 4.69) is 9.97 Å². The van der Waals surface area contributed by atoms with Crippen LogP contribution >= 0.6 is 0 Å². The van der Waals surface area contributed by atoms with Crippen molar-refractivity contribution in [3.05, 3.63) is 30.1 Å². The number of hydrogen-bond donors (Lipinski definition) is 1. The van der Waals surface area contributed by atoms with Crippen molar-refractivity contribution in [2.24, 2.45) is 10.8 Å². The molecule has 4 nitrogen and oxygen atoms in total. The van der Waals surface area contributed by atoms with Crippen molar-refractivity contribution < 1.29 is 61.3 Å². The molecule has 1 N–H and O–H groups in total. The molecule has 2 aromatic rings. The van der Waals surface area contributed by atoms with Gasteiger partial charge in [0, 0.05) is 17.3 Å². The maximum Gasteiger partial charge on any atom is 1.00 e. The van der Waals surface area contributed by atoms with Crippen LogP contribution in [0.3, 0.4) is 0 Å². The van der Waals surface area contributed by atoms with Crippen molar-refractivity contribution in [3.63, 3.8) is 0 Å². The molecule has 0 bridgehead atoms. The number of carboxylic acid groups (broad SMARTS) is 1. The van der Waals surface area contributed by atoms with Crippen molar-refractivity contribution >= 4 is 17.0 Å². The number of benzene rings is 1. The number of fused-ring (bicyclic) bond motifs is 1. The van der Waals surface area contributed by atoms with Crippen LogP contribution in [-0.2, 0) is 4.79 Å². The molecule has 0 saturated heterocycles. The standard InChI is InChI=1S/C16H20N2O2.K/c1-15(2)10(8-9-16(15,3)14(19)20)13-17-11-6-4-5-7-12(11)18-13;/h4-7,10H,8-9H2,1-3H3,(H,17,18)(H,19,20);/q;+1/p-1/t10-,16+;/m1./s1. The number of H-pyrrole nitrogens is 1. The summed E-state index contributed by atoms with van der Waals surface area (Å²) in [6.45, 7) is 5.81. The van der Waals surface area contributed by atoms with Gasteiger partial charge in [-0.1, -0.05) is 32.9 Å². The summed E-state index contributed by atoms with van der Waals surface area (Å²) in [5.74, 6) is 0.0417. The number of nitrogens with zero attached hydrogens (tertiary/aromatic N) is 1. The Balaban J connectivity index is 0.00000161. The number of nitrogens with one attached hydrogen (secondary N) is 1. The first-order valence-electron chi connectivity index (χ1n) is 7.02. The number of aromatic amines is 1. The van der Waals surface area contributed by atoms with E-state index in [1.165, 1.54) is 0 Å². The van der Waals surface area contributed by atoms with Gasteiger partial charge in [-0.2, -0.15) is 0 Å². The Morgan fingerprint density at radius 2 is 2.00 bits per heavy atom. The molecule has 2 atom stereocenters. The second-order valence-electron chi connectivity index (χ2n) is 6.57. The van der Waals surface area contributed by atoms with E-state index in [0.29, 0.717) is 6.42 Å². The number of rotatable bonds is 2. The summed E-state index contributed by atoms with van der Waals surface area (Å²) in [5.41, 5.74) is 0.733. The Bertz CT molecular complexity index is 647. The number of imidazole rings is 1. The van der Waals surface area contributed by atoms with E-state index in [9.17, 15) is 9.90 Å². The molecule has 1 fully saturated rings. The Morgan fingerprint density at radius 1 is 1.33 bits per heavy atom. The summed E-state index contributed by atoms with van der Waals surface area (Å²) in [6.07, 6.45) is 1.45. The van der Waals surface area contributed by atoms with Crippen LogP contribution in [0.25, 0.3) is 11.0 Å². The van der Waals surface area contributed by atoms with Crippen molar-refractivity contribution in [2.75, 3.05) is 0 Å². The molecule has 0 amide bonds. The molecule has 0 spiro atoms. The molecule has 0 aliphatic heterocycles. The smallest absolute Gasteiger partial charge is 0.550 e. The van der Waals surface area contributed by atoms with Gasteiger partial charge in [-0.15, -0.1) is 0 Å². The maximum atomic E-state index is 11.5. The van der Waals surface area contributed by atoms with Gasteiger partial charge in [0.15, 0.2) is 0 Å². The van der Waals surface area contributed by atoms with E-state index in [0.717, 1.165) is 23.3 Å². The predicted octanol–water partition coefficient (Wildman–Crippen LogP) is -0.773. The molecule has 106 valence electrons. The average Bonchev–Trinajstić information content (AvgIpc) is 2.90. The predicted molar refractivity (Wildman–Crippen MR) is 75.0 cm³/mol. The fourth-order valence-electron chi connectivity index (χ4n) is 3.48. The Labute approximate surface area is 167 Å². The van der Waals surface area contributed by atoms with Gasteiger partial charge in [0.25, 0.3) is 0 Å². The molecule has 1 aromatic carbocycles. The van der Waals surface area contributed by atoms with Gasteiger partial charge in [-0.25, -0.2) is 4.98 Å². The number of para-hydroxylation sites is 2. The van der Waals surface area contributed by atoms with Crippen LogP contribution in [0, 0.1) is 10.8 Å². The average molecular weight is 310 g/mol. The quantitative estimate of drug-likeness (QED) is 0.741. The number of carbonyl (C=O) groups excluding carboxylic acids is 1. The molecule has 5 heteroatoms. The summed E-state index contributed by atoms with van der Waals surface area (Å²) in [7, 11) is 0. The third-order valence-corrected chi connectivity index (χ3v) is 5.41. The van der Waals surface area contributed by atoms with Gasteiger partial charge in [0.05, 0.1) is 11.0 Å². The molecule has 0 unspecified atom stereocenters. The van der Waals surface area contributed by atoms with E-state index < -0.39 is 11.4 Å². The van der Waals surface area contributed by atoms with Crippen LogP contribution in [0.15, 0.2) is 24.3 Å². The van der Waals surface area contributed by atoms with Crippen molar-refractivity contribution in [2.45, 2.75) is 39.5 Å². The zero-order valence-electron chi connectivity index (χ0n) is 13.1. The monoisotopic (exact) mass is 310 g/mol. The van der Waals surface area contributed by atoms with E-state index in [1.807, 2.05) is 38.1 Å². The molecular weight excluding hydrogens is 291 g/mol. The minimum atomic E-state index is -0.957. The fraction of sp³-hybridized carbons (Fsp3) is 0.500. The van der Waals surface area contributed by atoms with E-state index in [4.69, 9.17) is 0 Å². The Kier molecular flexibility index (Phi) is 4.72. The molecule has 1 heterocycles. The van der Waals surface area contributed by atoms with Gasteiger partial charge in [0.1, 0.15) is 5.82 Å². The third kappa shape index (κ3) is 2.53. The van der Waals surface area contributed by atoms with Crippen LogP contribution in [0.2, 0.25) is 0 Å². The number of aliphatic carboxylic acids is 1. The van der Waals surface area contributed by atoms with Crippen LogP contribution in [0.1, 0.15) is 45.4 Å². The van der Waals surface area contributed by atoms with Crippen LogP contribution in [0.4, 0.5) is 0 Å². The molecule has 1 aliphatic carbocycles. The first-order valence-corrected chi connectivity index (χ1v) is 7.02. The number of hydrogen-bond acceptors (Lipinski definition) is 3. The summed E-state index contributed by atoms with van der Waals surface area (Å²) < 4.78 is 0. The molecular formula is C16H19KN2O2. The largest absolute Gasteiger partial charge is 1.00 e. The van der Waals surface area contributed by atoms with Gasteiger partial charge >= 0.3 is 51.4 Å². The summed E-state index contributed by atoms with van der Waals surface area (Å²) in [4.78, 5) is 19.5. The summed E-state index contributed by atoms with van der Waals surface area (Å²) >= 11 is 0. The zero-order valence-corrected chi connectivity index (χ0v) is 16.2. The zero-order chi connectivity index (χ0) is 14.5. The second-order valence-corrected chi connectivity index (χ2v) is 6.57. The maximum absolute atomic E-state index is 11.5. The van der Waals surface area contributed by atoms with Crippen molar-refractivity contribution in [1.29, 1.82) is 0 Å². The SMILES string of the molecule is CC1(C)[C@@H](c2nc3ccccc3[nH]2)CC[C@@]1(C)C(=O)[O-].[K+]. The van der Waals surface area contributed by atoms with Crippen LogP contribution < -0.4 is 56.5 Å². The van der Waals surface area contributed by atoms with Crippen LogP contribution in [-0.4, -0.2) is 15.9 Å². The van der Waals surface area contributed by atoms with Crippen LogP contribution in [0.5, 0.6) is 0 Å². The normalized spacial score (nSPS) is 27.5. The second kappa shape index (κ2) is 5.78. The minimum absolute atomic E-state index is 0. The third-order valence-electron chi connectivity index (χ3n) is 5.41. The van der Waals surface area contributed by atoms with E-state index >= 15 is 0 Å². The van der Waals surface area contributed by atoms with Crippen molar-refractivity contribution in [1.82, 2.24) is 9.97 Å². The number of carbonyl (C=O) groups is 1. The first kappa shape index (κ1) is 17.2. The van der Waals surface area contributed by atoms with E-state index in [1.54, 1.807) is 6.92 Å². The number of aromatic nitrogens is 2. The van der Waals surface area contributed by atoms with E-state index in [-0.39, 0.29) is 62.7 Å².